The molecule has 1 N–H and O–H groups in total. The Kier molecular flexibility index (Phi) is 4.66. The van der Waals surface area contributed by atoms with Gasteiger partial charge < -0.3 is 9.84 Å². The molecule has 0 spiro atoms. The van der Waals surface area contributed by atoms with Gasteiger partial charge in [-0.05, 0) is 56.2 Å². The molecule has 0 bridgehead atoms. The second-order valence-electron chi connectivity index (χ2n) is 5.01. The maximum Gasteiger partial charge on any atom is 0.134 e. The normalized spacial score (nSPS) is 11.8. The van der Waals surface area contributed by atoms with Crippen LogP contribution >= 0.6 is 15.9 Å². The second-order valence-corrected chi connectivity index (χ2v) is 5.81. The van der Waals surface area contributed by atoms with Gasteiger partial charge in [-0.15, -0.1) is 0 Å². The summed E-state index contributed by atoms with van der Waals surface area (Å²) < 4.78 is 6.95. The number of nitriles is 1. The van der Waals surface area contributed by atoms with Crippen LogP contribution in [0.25, 0.3) is 0 Å². The monoisotopic (exact) mass is 345 g/mol. The number of aliphatic hydroxyl groups is 1. The minimum atomic E-state index is -0.662. The summed E-state index contributed by atoms with van der Waals surface area (Å²) in [5.74, 6) is 1.19. The summed E-state index contributed by atoms with van der Waals surface area (Å²) in [5.41, 5.74) is 3.30. The standard InChI is InChI=1S/C17H16BrNO2/c1-10-6-14(7-11(2)17(10)18)21-16-8-13(9-19)4-5-15(16)12(3)20/h4-8,12,20H,1-3H3/t12-/m1/s1. The van der Waals surface area contributed by atoms with E-state index >= 15 is 0 Å². The molecule has 0 aliphatic carbocycles. The maximum absolute atomic E-state index is 9.83. The number of rotatable bonds is 3. The summed E-state index contributed by atoms with van der Waals surface area (Å²) in [4.78, 5) is 0. The van der Waals surface area contributed by atoms with Crippen LogP contribution < -0.4 is 4.74 Å². The number of nitrogens with zero attached hydrogens (tertiary/aromatic N) is 1. The molecular formula is C17H16BrNO2. The predicted molar refractivity (Wildman–Crippen MR) is 85.5 cm³/mol. The summed E-state index contributed by atoms with van der Waals surface area (Å²) in [6, 6.07) is 11.0. The predicted octanol–water partition coefficient (Wildman–Crippen LogP) is 4.78. The van der Waals surface area contributed by atoms with Crippen LogP contribution in [-0.4, -0.2) is 5.11 Å². The van der Waals surface area contributed by atoms with Crippen LogP contribution in [0.15, 0.2) is 34.8 Å². The highest BCUT2D eigenvalue weighted by Crippen LogP contribution is 2.33. The first-order chi connectivity index (χ1) is 9.92. The summed E-state index contributed by atoms with van der Waals surface area (Å²) in [6.45, 7) is 5.66. The Morgan fingerprint density at radius 3 is 2.33 bits per heavy atom. The molecule has 2 rings (SSSR count). The molecule has 0 saturated carbocycles. The van der Waals surface area contributed by atoms with Crippen molar-refractivity contribution in [3.8, 4) is 17.6 Å². The van der Waals surface area contributed by atoms with E-state index in [1.165, 1.54) is 0 Å². The van der Waals surface area contributed by atoms with E-state index in [0.717, 1.165) is 15.6 Å². The third kappa shape index (κ3) is 3.44. The fraction of sp³-hybridized carbons (Fsp3) is 0.235. The van der Waals surface area contributed by atoms with Crippen molar-refractivity contribution >= 4 is 15.9 Å². The van der Waals surface area contributed by atoms with E-state index in [-0.39, 0.29) is 0 Å². The van der Waals surface area contributed by atoms with Gasteiger partial charge in [0.05, 0.1) is 17.7 Å². The third-order valence-corrected chi connectivity index (χ3v) is 4.48. The molecule has 3 nitrogen and oxygen atoms in total. The van der Waals surface area contributed by atoms with Gasteiger partial charge in [0.1, 0.15) is 11.5 Å². The van der Waals surface area contributed by atoms with Gasteiger partial charge in [-0.3, -0.25) is 0 Å². The molecule has 2 aromatic rings. The fourth-order valence-corrected chi connectivity index (χ4v) is 2.36. The average molecular weight is 346 g/mol. The van der Waals surface area contributed by atoms with Crippen molar-refractivity contribution < 1.29 is 9.84 Å². The van der Waals surface area contributed by atoms with Gasteiger partial charge in [-0.25, -0.2) is 0 Å². The van der Waals surface area contributed by atoms with Crippen LogP contribution in [0.5, 0.6) is 11.5 Å². The molecule has 0 aliphatic rings. The molecule has 4 heteroatoms. The van der Waals surface area contributed by atoms with E-state index in [4.69, 9.17) is 10.00 Å². The van der Waals surface area contributed by atoms with Crippen LogP contribution in [0.1, 0.15) is 35.3 Å². The van der Waals surface area contributed by atoms with Crippen molar-refractivity contribution in [1.82, 2.24) is 0 Å². The molecule has 0 radical (unpaired) electrons. The Balaban J connectivity index is 2.45. The number of hydrogen-bond acceptors (Lipinski definition) is 3. The summed E-state index contributed by atoms with van der Waals surface area (Å²) in [7, 11) is 0. The first-order valence-corrected chi connectivity index (χ1v) is 7.38. The van der Waals surface area contributed by atoms with Gasteiger partial charge in [0.2, 0.25) is 0 Å². The SMILES string of the molecule is Cc1cc(Oc2cc(C#N)ccc2[C@@H](C)O)cc(C)c1Br. The minimum Gasteiger partial charge on any atom is -0.457 e. The summed E-state index contributed by atoms with van der Waals surface area (Å²) in [5, 5.41) is 18.8. The molecule has 0 heterocycles. The highest BCUT2D eigenvalue weighted by Gasteiger charge is 2.12. The lowest BCUT2D eigenvalue weighted by molar-refractivity contribution is 0.195. The van der Waals surface area contributed by atoms with E-state index in [2.05, 4.69) is 22.0 Å². The molecule has 108 valence electrons. The zero-order valence-corrected chi connectivity index (χ0v) is 13.7. The summed E-state index contributed by atoms with van der Waals surface area (Å²) >= 11 is 3.52. The Hall–Kier alpha value is -1.83. The van der Waals surface area contributed by atoms with Crippen LogP contribution in [0.3, 0.4) is 0 Å². The topological polar surface area (TPSA) is 53.2 Å². The lowest BCUT2D eigenvalue weighted by atomic mass is 10.1. The Morgan fingerprint density at radius 1 is 1.19 bits per heavy atom. The fourth-order valence-electron chi connectivity index (χ4n) is 2.13. The van der Waals surface area contributed by atoms with Gasteiger partial charge in [0.15, 0.2) is 0 Å². The maximum atomic E-state index is 9.83. The third-order valence-electron chi connectivity index (χ3n) is 3.23. The summed E-state index contributed by atoms with van der Waals surface area (Å²) in [6.07, 6.45) is -0.662. The van der Waals surface area contributed by atoms with E-state index < -0.39 is 6.10 Å². The number of ether oxygens (including phenoxy) is 1. The zero-order valence-electron chi connectivity index (χ0n) is 12.1. The molecule has 1 atom stereocenters. The molecule has 0 aliphatic heterocycles. The Morgan fingerprint density at radius 2 is 1.81 bits per heavy atom. The minimum absolute atomic E-state index is 0.500. The van der Waals surface area contributed by atoms with Gasteiger partial charge >= 0.3 is 0 Å². The molecule has 0 amide bonds. The number of benzene rings is 2. The highest BCUT2D eigenvalue weighted by atomic mass is 79.9. The van der Waals surface area contributed by atoms with Crippen molar-refractivity contribution in [1.29, 1.82) is 5.26 Å². The first kappa shape index (κ1) is 15.6. The van der Waals surface area contributed by atoms with Gasteiger partial charge in [-0.1, -0.05) is 22.0 Å². The molecule has 0 saturated heterocycles. The van der Waals surface area contributed by atoms with Crippen LogP contribution in [0, 0.1) is 25.2 Å². The lowest BCUT2D eigenvalue weighted by Gasteiger charge is -2.15. The van der Waals surface area contributed by atoms with Gasteiger partial charge in [0, 0.05) is 10.0 Å². The van der Waals surface area contributed by atoms with E-state index in [1.54, 1.807) is 25.1 Å². The number of aliphatic hydroxyl groups excluding tert-OH is 1. The van der Waals surface area contributed by atoms with E-state index in [0.29, 0.717) is 22.6 Å². The first-order valence-electron chi connectivity index (χ1n) is 6.59. The number of halogens is 1. The van der Waals surface area contributed by atoms with Gasteiger partial charge in [-0.2, -0.15) is 5.26 Å². The smallest absolute Gasteiger partial charge is 0.134 e. The van der Waals surface area contributed by atoms with Crippen LogP contribution in [0.2, 0.25) is 0 Å². The zero-order chi connectivity index (χ0) is 15.6. The largest absolute Gasteiger partial charge is 0.457 e. The number of aryl methyl sites for hydroxylation is 2. The Bertz CT molecular complexity index is 694. The average Bonchev–Trinajstić information content (AvgIpc) is 2.44. The van der Waals surface area contributed by atoms with Crippen LogP contribution in [-0.2, 0) is 0 Å². The molecular weight excluding hydrogens is 330 g/mol. The molecule has 0 aromatic heterocycles. The van der Waals surface area contributed by atoms with E-state index in [9.17, 15) is 5.11 Å². The molecule has 0 fully saturated rings. The van der Waals surface area contributed by atoms with Gasteiger partial charge in [0.25, 0.3) is 0 Å². The van der Waals surface area contributed by atoms with Crippen LogP contribution in [0.4, 0.5) is 0 Å². The molecule has 0 unspecified atom stereocenters. The van der Waals surface area contributed by atoms with E-state index in [1.807, 2.05) is 26.0 Å². The highest BCUT2D eigenvalue weighted by molar-refractivity contribution is 9.10. The van der Waals surface area contributed by atoms with Crippen molar-refractivity contribution in [3.05, 3.63) is 57.1 Å². The Labute approximate surface area is 132 Å². The molecule has 21 heavy (non-hydrogen) atoms. The van der Waals surface area contributed by atoms with Crippen molar-refractivity contribution in [2.24, 2.45) is 0 Å². The number of hydrogen-bond donors (Lipinski definition) is 1. The molecule has 2 aromatic carbocycles. The van der Waals surface area contributed by atoms with Crippen molar-refractivity contribution in [2.75, 3.05) is 0 Å². The van der Waals surface area contributed by atoms with Crippen molar-refractivity contribution in [3.63, 3.8) is 0 Å². The lowest BCUT2D eigenvalue weighted by Crippen LogP contribution is -1.97. The second kappa shape index (κ2) is 6.30. The quantitative estimate of drug-likeness (QED) is 0.870. The van der Waals surface area contributed by atoms with Crippen molar-refractivity contribution in [2.45, 2.75) is 26.9 Å².